The van der Waals surface area contributed by atoms with Crippen LogP contribution >= 0.6 is 0 Å². The second-order valence-corrected chi connectivity index (χ2v) is 9.56. The summed E-state index contributed by atoms with van der Waals surface area (Å²) >= 11 is 0. The summed E-state index contributed by atoms with van der Waals surface area (Å²) in [5, 5.41) is 8.52. The Morgan fingerprint density at radius 2 is 1.71 bits per heavy atom. The van der Waals surface area contributed by atoms with Gasteiger partial charge >= 0.3 is 0 Å². The first kappa shape index (κ1) is 25.3. The summed E-state index contributed by atoms with van der Waals surface area (Å²) in [5.41, 5.74) is 1.68. The molecular formula is C26H33FN2O5. The van der Waals surface area contributed by atoms with Crippen molar-refractivity contribution in [3.63, 3.8) is 0 Å². The van der Waals surface area contributed by atoms with Gasteiger partial charge in [0.2, 0.25) is 0 Å². The average Bonchev–Trinajstić information content (AvgIpc) is 3.07. The number of nitrogens with zero attached hydrogens (tertiary/aromatic N) is 1. The zero-order valence-corrected chi connectivity index (χ0v) is 21.1. The van der Waals surface area contributed by atoms with Gasteiger partial charge in [-0.2, -0.15) is 0 Å². The second-order valence-electron chi connectivity index (χ2n) is 9.56. The smallest absolute Gasteiger partial charge is 0.197 e. The first-order chi connectivity index (χ1) is 15.9. The maximum absolute atomic E-state index is 15.1. The number of hydrogen-bond acceptors (Lipinski definition) is 6. The molecule has 0 saturated carbocycles. The van der Waals surface area contributed by atoms with Crippen LogP contribution in [0.2, 0.25) is 0 Å². The fourth-order valence-electron chi connectivity index (χ4n) is 4.10. The molecule has 7 nitrogen and oxygen atoms in total. The third-order valence-electron chi connectivity index (χ3n) is 5.69. The Labute approximate surface area is 200 Å². The van der Waals surface area contributed by atoms with E-state index in [2.05, 4.69) is 0 Å². The third-order valence-corrected chi connectivity index (χ3v) is 5.69. The van der Waals surface area contributed by atoms with E-state index in [1.54, 1.807) is 24.1 Å². The number of carbonyl (C=O) groups is 1. The Kier molecular flexibility index (Phi) is 7.10. The SMILES string of the molecule is COc1cc2c(c(F)c1OC)C(=N)N(CC(=O)c1cc(OC(C)C)c(OC)c(C(C)(C)C)c1)C2. The van der Waals surface area contributed by atoms with Crippen LogP contribution in [0.25, 0.3) is 0 Å². The van der Waals surface area contributed by atoms with Gasteiger partial charge in [-0.3, -0.25) is 10.2 Å². The highest BCUT2D eigenvalue weighted by molar-refractivity contribution is 6.06. The van der Waals surface area contributed by atoms with Gasteiger partial charge in [0.05, 0.1) is 39.5 Å². The fourth-order valence-corrected chi connectivity index (χ4v) is 4.10. The fraction of sp³-hybridized carbons (Fsp3) is 0.462. The van der Waals surface area contributed by atoms with Crippen LogP contribution in [-0.4, -0.2) is 50.5 Å². The van der Waals surface area contributed by atoms with E-state index in [1.165, 1.54) is 14.2 Å². The van der Waals surface area contributed by atoms with Gasteiger partial charge in [-0.1, -0.05) is 20.8 Å². The molecule has 0 radical (unpaired) electrons. The number of benzene rings is 2. The molecule has 1 aliphatic rings. The summed E-state index contributed by atoms with van der Waals surface area (Å²) in [6, 6.07) is 5.14. The lowest BCUT2D eigenvalue weighted by Gasteiger charge is -2.26. The van der Waals surface area contributed by atoms with E-state index in [0.29, 0.717) is 22.6 Å². The number of fused-ring (bicyclic) bond motifs is 1. The Bertz CT molecular complexity index is 1120. The number of ketones is 1. The van der Waals surface area contributed by atoms with Crippen molar-refractivity contribution in [3.05, 3.63) is 46.3 Å². The lowest BCUT2D eigenvalue weighted by molar-refractivity contribution is 0.0961. The number of carbonyl (C=O) groups excluding carboxylic acids is 1. The van der Waals surface area contributed by atoms with Gasteiger partial charge in [0.15, 0.2) is 34.6 Å². The maximum atomic E-state index is 15.1. The van der Waals surface area contributed by atoms with Crippen molar-refractivity contribution in [2.24, 2.45) is 0 Å². The zero-order chi connectivity index (χ0) is 25.4. The molecule has 0 aromatic heterocycles. The molecule has 1 aliphatic heterocycles. The standard InChI is InChI=1S/C26H33FN2O5/c1-14(2)34-20-10-15(9-17(23(20)32-7)26(3,4)5)18(30)13-29-12-16-11-19(31-6)24(33-8)22(27)21(16)25(29)28/h9-11,14,28H,12-13H2,1-8H3. The molecule has 2 aromatic rings. The highest BCUT2D eigenvalue weighted by Crippen LogP contribution is 2.41. The van der Waals surface area contributed by atoms with Gasteiger partial charge in [-0.15, -0.1) is 0 Å². The molecular weight excluding hydrogens is 439 g/mol. The number of hydrogen-bond donors (Lipinski definition) is 1. The van der Waals surface area contributed by atoms with Gasteiger partial charge < -0.3 is 23.8 Å². The predicted octanol–water partition coefficient (Wildman–Crippen LogP) is 4.96. The Hall–Kier alpha value is -3.29. The number of halogens is 1. The lowest BCUT2D eigenvalue weighted by Crippen LogP contribution is -2.30. The molecule has 0 unspecified atom stereocenters. The summed E-state index contributed by atoms with van der Waals surface area (Å²) in [6.07, 6.45) is -0.110. The molecule has 0 spiro atoms. The van der Waals surface area contributed by atoms with Crippen molar-refractivity contribution in [2.45, 2.75) is 52.7 Å². The first-order valence-corrected chi connectivity index (χ1v) is 11.1. The van der Waals surface area contributed by atoms with E-state index in [-0.39, 0.29) is 53.3 Å². The number of ether oxygens (including phenoxy) is 4. The van der Waals surface area contributed by atoms with Gasteiger partial charge in [0.25, 0.3) is 0 Å². The van der Waals surface area contributed by atoms with Crippen LogP contribution in [0.1, 0.15) is 61.7 Å². The highest BCUT2D eigenvalue weighted by Gasteiger charge is 2.33. The quantitative estimate of drug-likeness (QED) is 0.547. The van der Waals surface area contributed by atoms with E-state index in [1.807, 2.05) is 40.7 Å². The van der Waals surface area contributed by atoms with Crippen LogP contribution in [-0.2, 0) is 12.0 Å². The summed E-state index contributed by atoms with van der Waals surface area (Å²) in [4.78, 5) is 14.9. The molecule has 1 heterocycles. The van der Waals surface area contributed by atoms with Gasteiger partial charge in [0.1, 0.15) is 5.84 Å². The molecule has 3 rings (SSSR count). The predicted molar refractivity (Wildman–Crippen MR) is 129 cm³/mol. The first-order valence-electron chi connectivity index (χ1n) is 11.1. The number of rotatable bonds is 8. The number of amidine groups is 1. The Morgan fingerprint density at radius 1 is 1.06 bits per heavy atom. The molecule has 34 heavy (non-hydrogen) atoms. The second kappa shape index (κ2) is 9.52. The van der Waals surface area contributed by atoms with Crippen LogP contribution in [0, 0.1) is 11.2 Å². The van der Waals surface area contributed by atoms with Crippen LogP contribution in [0.3, 0.4) is 0 Å². The van der Waals surface area contributed by atoms with Gasteiger partial charge in [-0.25, -0.2) is 4.39 Å². The average molecular weight is 473 g/mol. The van der Waals surface area contributed by atoms with E-state index < -0.39 is 5.82 Å². The van der Waals surface area contributed by atoms with Gasteiger partial charge in [-0.05, 0) is 43.0 Å². The largest absolute Gasteiger partial charge is 0.493 e. The minimum Gasteiger partial charge on any atom is -0.493 e. The molecule has 184 valence electrons. The summed E-state index contributed by atoms with van der Waals surface area (Å²) in [5.74, 6) is 0.348. The van der Waals surface area contributed by atoms with E-state index in [9.17, 15) is 4.79 Å². The summed E-state index contributed by atoms with van der Waals surface area (Å²) < 4.78 is 37.0. The van der Waals surface area contributed by atoms with Crippen LogP contribution in [0.4, 0.5) is 4.39 Å². The normalized spacial score (nSPS) is 13.2. The Balaban J connectivity index is 1.96. The van der Waals surface area contributed by atoms with Crippen LogP contribution in [0.15, 0.2) is 18.2 Å². The van der Waals surface area contributed by atoms with Crippen molar-refractivity contribution < 1.29 is 28.1 Å². The molecule has 2 aromatic carbocycles. The van der Waals surface area contributed by atoms with Crippen LogP contribution < -0.4 is 18.9 Å². The molecule has 0 bridgehead atoms. The summed E-state index contributed by atoms with van der Waals surface area (Å²) in [6.45, 7) is 10.1. The number of Topliss-reactive ketones (excluding diaryl/α,β-unsaturated/α-hetero) is 1. The molecule has 0 atom stereocenters. The maximum Gasteiger partial charge on any atom is 0.197 e. The van der Waals surface area contributed by atoms with Crippen molar-refractivity contribution >= 4 is 11.6 Å². The lowest BCUT2D eigenvalue weighted by atomic mass is 9.84. The minimum atomic E-state index is -0.663. The van der Waals surface area contributed by atoms with Crippen molar-refractivity contribution in [3.8, 4) is 23.0 Å². The zero-order valence-electron chi connectivity index (χ0n) is 21.1. The topological polar surface area (TPSA) is 81.1 Å². The van der Waals surface area contributed by atoms with Crippen LogP contribution in [0.5, 0.6) is 23.0 Å². The Morgan fingerprint density at radius 3 is 2.24 bits per heavy atom. The highest BCUT2D eigenvalue weighted by atomic mass is 19.1. The number of methoxy groups -OCH3 is 3. The monoisotopic (exact) mass is 472 g/mol. The van der Waals surface area contributed by atoms with Crippen molar-refractivity contribution in [1.29, 1.82) is 5.41 Å². The molecule has 0 fully saturated rings. The van der Waals surface area contributed by atoms with E-state index in [0.717, 1.165) is 5.56 Å². The molecule has 8 heteroatoms. The summed E-state index contributed by atoms with van der Waals surface area (Å²) in [7, 11) is 4.36. The van der Waals surface area contributed by atoms with E-state index in [4.69, 9.17) is 24.4 Å². The van der Waals surface area contributed by atoms with Gasteiger partial charge in [0, 0.05) is 17.7 Å². The molecule has 1 N–H and O–H groups in total. The van der Waals surface area contributed by atoms with E-state index >= 15 is 4.39 Å². The molecule has 0 aliphatic carbocycles. The minimum absolute atomic E-state index is 0.0559. The third kappa shape index (κ3) is 4.67. The molecule has 0 amide bonds. The van der Waals surface area contributed by atoms with Crippen molar-refractivity contribution in [1.82, 2.24) is 4.90 Å². The van der Waals surface area contributed by atoms with Crippen molar-refractivity contribution in [2.75, 3.05) is 27.9 Å². The molecule has 0 saturated heterocycles. The number of nitrogens with one attached hydrogen (secondary N) is 1.